The van der Waals surface area contributed by atoms with E-state index in [-0.39, 0.29) is 24.4 Å². The van der Waals surface area contributed by atoms with Crippen LogP contribution in [0.15, 0.2) is 48.5 Å². The summed E-state index contributed by atoms with van der Waals surface area (Å²) in [6.45, 7) is 6.06. The van der Waals surface area contributed by atoms with E-state index < -0.39 is 0 Å². The van der Waals surface area contributed by atoms with Crippen molar-refractivity contribution in [1.82, 2.24) is 4.90 Å². The highest BCUT2D eigenvalue weighted by molar-refractivity contribution is 5.97. The Morgan fingerprint density at radius 3 is 2.67 bits per heavy atom. The summed E-state index contributed by atoms with van der Waals surface area (Å²) < 4.78 is 6.02. The third-order valence-corrected chi connectivity index (χ3v) is 5.25. The lowest BCUT2D eigenvalue weighted by atomic mass is 9.92. The monoisotopic (exact) mass is 388 g/mol. The van der Waals surface area contributed by atoms with Crippen molar-refractivity contribution in [2.24, 2.45) is 11.7 Å². The van der Waals surface area contributed by atoms with Crippen LogP contribution in [0.5, 0.6) is 5.75 Å². The molecule has 27 heavy (non-hydrogen) atoms. The van der Waals surface area contributed by atoms with E-state index in [1.165, 1.54) is 5.56 Å². The van der Waals surface area contributed by atoms with Crippen molar-refractivity contribution in [2.75, 3.05) is 13.1 Å². The van der Waals surface area contributed by atoms with Crippen LogP contribution in [-0.2, 0) is 6.61 Å². The van der Waals surface area contributed by atoms with Gasteiger partial charge in [0, 0.05) is 19.1 Å². The summed E-state index contributed by atoms with van der Waals surface area (Å²) in [6.07, 6.45) is 2.09. The van der Waals surface area contributed by atoms with E-state index in [4.69, 9.17) is 10.5 Å². The summed E-state index contributed by atoms with van der Waals surface area (Å²) in [4.78, 5) is 15.0. The van der Waals surface area contributed by atoms with E-state index in [1.54, 1.807) is 0 Å². The minimum Gasteiger partial charge on any atom is -0.488 e. The van der Waals surface area contributed by atoms with Crippen molar-refractivity contribution in [2.45, 2.75) is 39.3 Å². The number of nitrogens with zero attached hydrogens (tertiary/aromatic N) is 1. The van der Waals surface area contributed by atoms with Crippen molar-refractivity contribution < 1.29 is 9.53 Å². The lowest BCUT2D eigenvalue weighted by Gasteiger charge is -2.35. The van der Waals surface area contributed by atoms with E-state index in [0.717, 1.165) is 31.5 Å². The maximum Gasteiger partial charge on any atom is 0.257 e. The summed E-state index contributed by atoms with van der Waals surface area (Å²) in [5.74, 6) is 1.05. The average molecular weight is 389 g/mol. The fourth-order valence-electron chi connectivity index (χ4n) is 3.49. The number of carbonyl (C=O) groups excluding carboxylic acids is 1. The van der Waals surface area contributed by atoms with Crippen LogP contribution in [0.25, 0.3) is 0 Å². The summed E-state index contributed by atoms with van der Waals surface area (Å²) in [5, 5.41) is 0. The van der Waals surface area contributed by atoms with Gasteiger partial charge in [-0.05, 0) is 55.9 Å². The first-order valence-electron chi connectivity index (χ1n) is 9.37. The predicted molar refractivity (Wildman–Crippen MR) is 111 cm³/mol. The second-order valence-electron chi connectivity index (χ2n) is 7.22. The Kier molecular flexibility index (Phi) is 7.69. The van der Waals surface area contributed by atoms with Gasteiger partial charge in [0.05, 0.1) is 5.56 Å². The number of hydrogen-bond donors (Lipinski definition) is 1. The molecule has 1 aliphatic rings. The molecule has 2 N–H and O–H groups in total. The number of amides is 1. The zero-order valence-electron chi connectivity index (χ0n) is 16.1. The molecule has 1 heterocycles. The van der Waals surface area contributed by atoms with Crippen molar-refractivity contribution in [3.63, 3.8) is 0 Å². The van der Waals surface area contributed by atoms with Gasteiger partial charge < -0.3 is 15.4 Å². The topological polar surface area (TPSA) is 55.6 Å². The summed E-state index contributed by atoms with van der Waals surface area (Å²) >= 11 is 0. The third-order valence-electron chi connectivity index (χ3n) is 5.25. The fourth-order valence-corrected chi connectivity index (χ4v) is 3.49. The minimum atomic E-state index is 0. The molecule has 1 amide bonds. The van der Waals surface area contributed by atoms with Gasteiger partial charge in [0.2, 0.25) is 0 Å². The second-order valence-corrected chi connectivity index (χ2v) is 7.22. The lowest BCUT2D eigenvalue weighted by molar-refractivity contribution is 0.0656. The number of nitrogens with two attached hydrogens (primary N) is 1. The number of benzene rings is 2. The molecule has 0 aliphatic carbocycles. The van der Waals surface area contributed by atoms with Crippen LogP contribution in [0.2, 0.25) is 0 Å². The Balaban J connectivity index is 0.00000261. The highest BCUT2D eigenvalue weighted by Gasteiger charge is 2.27. The largest absolute Gasteiger partial charge is 0.488 e. The average Bonchev–Trinajstić information content (AvgIpc) is 2.67. The van der Waals surface area contributed by atoms with Crippen molar-refractivity contribution in [1.29, 1.82) is 0 Å². The zero-order valence-corrected chi connectivity index (χ0v) is 16.9. The lowest BCUT2D eigenvalue weighted by Crippen LogP contribution is -2.45. The van der Waals surface area contributed by atoms with Gasteiger partial charge in [-0.15, -0.1) is 12.4 Å². The fraction of sp³-hybridized carbons (Fsp3) is 0.409. The van der Waals surface area contributed by atoms with Crippen LogP contribution in [-0.4, -0.2) is 29.9 Å². The number of halogens is 1. The van der Waals surface area contributed by atoms with Crippen LogP contribution in [0.3, 0.4) is 0 Å². The SMILES string of the molecule is Cc1ccccc1COc1ccccc1C(=O)N1CCCC(C(C)N)C1.Cl. The van der Waals surface area contributed by atoms with Crippen molar-refractivity contribution in [3.8, 4) is 5.75 Å². The van der Waals surface area contributed by atoms with Gasteiger partial charge >= 0.3 is 0 Å². The van der Waals surface area contributed by atoms with Gasteiger partial charge in [0.15, 0.2) is 0 Å². The Morgan fingerprint density at radius 2 is 1.93 bits per heavy atom. The number of carbonyl (C=O) groups is 1. The van der Waals surface area contributed by atoms with Crippen LogP contribution < -0.4 is 10.5 Å². The van der Waals surface area contributed by atoms with E-state index >= 15 is 0 Å². The van der Waals surface area contributed by atoms with Crippen LogP contribution in [0.1, 0.15) is 41.3 Å². The zero-order chi connectivity index (χ0) is 18.5. The highest BCUT2D eigenvalue weighted by Crippen LogP contribution is 2.25. The number of para-hydroxylation sites is 1. The standard InChI is InChI=1S/C22H28N2O2.ClH/c1-16-8-3-4-9-19(16)15-26-21-12-6-5-11-20(21)22(25)24-13-7-10-18(14-24)17(2)23;/h3-6,8-9,11-12,17-18H,7,10,13-15,23H2,1-2H3;1H. The van der Waals surface area contributed by atoms with Gasteiger partial charge in [-0.2, -0.15) is 0 Å². The van der Waals surface area contributed by atoms with Crippen molar-refractivity contribution >= 4 is 18.3 Å². The summed E-state index contributed by atoms with van der Waals surface area (Å²) in [6, 6.07) is 15.8. The Labute approximate surface area is 168 Å². The molecule has 2 aromatic rings. The second kappa shape index (κ2) is 9.77. The number of aryl methyl sites for hydroxylation is 1. The maximum absolute atomic E-state index is 13.1. The molecule has 5 heteroatoms. The molecule has 4 nitrogen and oxygen atoms in total. The number of likely N-dealkylation sites (tertiary alicyclic amines) is 1. The molecule has 0 radical (unpaired) electrons. The van der Waals surface area contributed by atoms with Gasteiger partial charge in [-0.1, -0.05) is 36.4 Å². The third kappa shape index (κ3) is 5.24. The molecular formula is C22H29ClN2O2. The molecule has 1 aliphatic heterocycles. The van der Waals surface area contributed by atoms with E-state index in [2.05, 4.69) is 19.1 Å². The molecule has 2 unspecified atom stereocenters. The Bertz CT molecular complexity index is 763. The summed E-state index contributed by atoms with van der Waals surface area (Å²) in [7, 11) is 0. The van der Waals surface area contributed by atoms with E-state index in [0.29, 0.717) is 23.8 Å². The van der Waals surface area contributed by atoms with E-state index in [9.17, 15) is 4.79 Å². The first kappa shape index (κ1) is 21.3. The van der Waals surface area contributed by atoms with Gasteiger partial charge in [-0.25, -0.2) is 0 Å². The Hall–Kier alpha value is -2.04. The van der Waals surface area contributed by atoms with E-state index in [1.807, 2.05) is 48.2 Å². The van der Waals surface area contributed by atoms with Gasteiger partial charge in [0.25, 0.3) is 5.91 Å². The normalized spacial score (nSPS) is 17.7. The Morgan fingerprint density at radius 1 is 1.22 bits per heavy atom. The predicted octanol–water partition coefficient (Wildman–Crippen LogP) is 4.20. The molecule has 0 aromatic heterocycles. The molecule has 0 bridgehead atoms. The minimum absolute atomic E-state index is 0. The molecule has 1 saturated heterocycles. The number of rotatable bonds is 5. The molecule has 2 aromatic carbocycles. The highest BCUT2D eigenvalue weighted by atomic mass is 35.5. The summed E-state index contributed by atoms with van der Waals surface area (Å²) in [5.41, 5.74) is 9.01. The van der Waals surface area contributed by atoms with Crippen molar-refractivity contribution in [3.05, 3.63) is 65.2 Å². The van der Waals surface area contributed by atoms with Crippen LogP contribution >= 0.6 is 12.4 Å². The number of piperidine rings is 1. The first-order valence-corrected chi connectivity index (χ1v) is 9.37. The number of ether oxygens (including phenoxy) is 1. The molecule has 2 atom stereocenters. The van der Waals surface area contributed by atoms with Crippen LogP contribution in [0.4, 0.5) is 0 Å². The van der Waals surface area contributed by atoms with Gasteiger partial charge in [0.1, 0.15) is 12.4 Å². The molecular weight excluding hydrogens is 360 g/mol. The molecule has 0 saturated carbocycles. The smallest absolute Gasteiger partial charge is 0.257 e. The number of hydrogen-bond acceptors (Lipinski definition) is 3. The quantitative estimate of drug-likeness (QED) is 0.835. The van der Waals surface area contributed by atoms with Gasteiger partial charge in [-0.3, -0.25) is 4.79 Å². The first-order chi connectivity index (χ1) is 12.6. The maximum atomic E-state index is 13.1. The molecule has 1 fully saturated rings. The molecule has 3 rings (SSSR count). The molecule has 146 valence electrons. The van der Waals surface area contributed by atoms with Crippen LogP contribution in [0, 0.1) is 12.8 Å². The molecule has 0 spiro atoms.